The van der Waals surface area contributed by atoms with Gasteiger partial charge in [0.25, 0.3) is 0 Å². The summed E-state index contributed by atoms with van der Waals surface area (Å²) < 4.78 is 0. The van der Waals surface area contributed by atoms with Gasteiger partial charge in [0.05, 0.1) is 17.1 Å². The van der Waals surface area contributed by atoms with Gasteiger partial charge in [0, 0.05) is 16.8 Å². The Morgan fingerprint density at radius 3 is 2.44 bits per heavy atom. The molecule has 0 aliphatic carbocycles. The van der Waals surface area contributed by atoms with Crippen molar-refractivity contribution >= 4 is 29.1 Å². The number of aryl methyl sites for hydroxylation is 1. The van der Waals surface area contributed by atoms with E-state index in [4.69, 9.17) is 0 Å². The van der Waals surface area contributed by atoms with E-state index in [1.165, 1.54) is 18.7 Å². The van der Waals surface area contributed by atoms with Crippen LogP contribution in [0.4, 0.5) is 5.69 Å². The SMILES string of the molecule is CC(=O)c1ccccc1NC(=O)CSc1nc(C)cc(-c2ccccc2)n1. The predicted octanol–water partition coefficient (Wildman–Crippen LogP) is 4.39. The van der Waals surface area contributed by atoms with Crippen LogP contribution in [0.1, 0.15) is 23.0 Å². The molecule has 5 nitrogen and oxygen atoms in total. The van der Waals surface area contributed by atoms with Gasteiger partial charge in [-0.2, -0.15) is 0 Å². The highest BCUT2D eigenvalue weighted by molar-refractivity contribution is 7.99. The Morgan fingerprint density at radius 1 is 1.00 bits per heavy atom. The minimum absolute atomic E-state index is 0.0897. The standard InChI is InChI=1S/C21H19N3O2S/c1-14-12-19(16-8-4-3-5-9-16)24-21(22-14)27-13-20(26)23-18-11-7-6-10-17(18)15(2)25/h3-12H,13H2,1-2H3,(H,23,26). The number of nitrogens with one attached hydrogen (secondary N) is 1. The van der Waals surface area contributed by atoms with Crippen LogP contribution in [0.5, 0.6) is 0 Å². The van der Waals surface area contributed by atoms with Crippen molar-refractivity contribution in [3.8, 4) is 11.3 Å². The Labute approximate surface area is 162 Å². The molecule has 3 aromatic rings. The molecular formula is C21H19N3O2S. The van der Waals surface area contributed by atoms with E-state index in [-0.39, 0.29) is 17.4 Å². The molecule has 27 heavy (non-hydrogen) atoms. The number of hydrogen-bond acceptors (Lipinski definition) is 5. The van der Waals surface area contributed by atoms with Crippen LogP contribution in [0.3, 0.4) is 0 Å². The third-order valence-electron chi connectivity index (χ3n) is 3.82. The molecule has 0 aliphatic rings. The molecule has 1 aromatic heterocycles. The van der Waals surface area contributed by atoms with Crippen molar-refractivity contribution in [1.29, 1.82) is 0 Å². The van der Waals surface area contributed by atoms with Gasteiger partial charge >= 0.3 is 0 Å². The fourth-order valence-corrected chi connectivity index (χ4v) is 3.28. The highest BCUT2D eigenvalue weighted by Gasteiger charge is 2.11. The van der Waals surface area contributed by atoms with Gasteiger partial charge in [-0.1, -0.05) is 54.2 Å². The molecule has 0 radical (unpaired) electrons. The number of hydrogen-bond donors (Lipinski definition) is 1. The van der Waals surface area contributed by atoms with E-state index in [1.807, 2.05) is 43.3 Å². The first-order chi connectivity index (χ1) is 13.0. The lowest BCUT2D eigenvalue weighted by atomic mass is 10.1. The molecule has 1 heterocycles. The van der Waals surface area contributed by atoms with E-state index in [0.29, 0.717) is 16.4 Å². The van der Waals surface area contributed by atoms with Crippen LogP contribution in [0.2, 0.25) is 0 Å². The molecule has 136 valence electrons. The molecule has 3 rings (SSSR count). The number of anilines is 1. The zero-order chi connectivity index (χ0) is 19.2. The Balaban J connectivity index is 1.69. The number of benzene rings is 2. The first-order valence-corrected chi connectivity index (χ1v) is 9.45. The third-order valence-corrected chi connectivity index (χ3v) is 4.66. The summed E-state index contributed by atoms with van der Waals surface area (Å²) in [4.78, 5) is 32.9. The van der Waals surface area contributed by atoms with Crippen molar-refractivity contribution in [3.05, 3.63) is 71.9 Å². The smallest absolute Gasteiger partial charge is 0.234 e. The fourth-order valence-electron chi connectivity index (χ4n) is 2.58. The maximum atomic E-state index is 12.3. The van der Waals surface area contributed by atoms with E-state index in [2.05, 4.69) is 15.3 Å². The van der Waals surface area contributed by atoms with Crippen LogP contribution in [0.15, 0.2) is 65.8 Å². The van der Waals surface area contributed by atoms with Gasteiger partial charge in [-0.05, 0) is 32.0 Å². The molecule has 1 amide bonds. The lowest BCUT2D eigenvalue weighted by Crippen LogP contribution is -2.16. The van der Waals surface area contributed by atoms with Gasteiger partial charge in [-0.3, -0.25) is 9.59 Å². The third kappa shape index (κ3) is 5.01. The largest absolute Gasteiger partial charge is 0.325 e. The van der Waals surface area contributed by atoms with Gasteiger partial charge in [0.1, 0.15) is 0 Å². The number of rotatable bonds is 6. The normalized spacial score (nSPS) is 10.4. The van der Waals surface area contributed by atoms with Crippen molar-refractivity contribution in [2.75, 3.05) is 11.1 Å². The number of para-hydroxylation sites is 1. The molecule has 0 saturated heterocycles. The minimum Gasteiger partial charge on any atom is -0.325 e. The second-order valence-corrected chi connectivity index (χ2v) is 6.92. The highest BCUT2D eigenvalue weighted by atomic mass is 32.2. The predicted molar refractivity (Wildman–Crippen MR) is 108 cm³/mol. The summed E-state index contributed by atoms with van der Waals surface area (Å²) in [5.74, 6) is -0.141. The average Bonchev–Trinajstić information content (AvgIpc) is 2.67. The van der Waals surface area contributed by atoms with Crippen molar-refractivity contribution in [2.45, 2.75) is 19.0 Å². The van der Waals surface area contributed by atoms with Crippen molar-refractivity contribution in [1.82, 2.24) is 9.97 Å². The fraction of sp³-hybridized carbons (Fsp3) is 0.143. The lowest BCUT2D eigenvalue weighted by Gasteiger charge is -2.09. The monoisotopic (exact) mass is 377 g/mol. The number of nitrogens with zero attached hydrogens (tertiary/aromatic N) is 2. The van der Waals surface area contributed by atoms with E-state index >= 15 is 0 Å². The molecule has 0 saturated carbocycles. The molecule has 0 fully saturated rings. The first kappa shape index (κ1) is 18.8. The van der Waals surface area contributed by atoms with E-state index in [0.717, 1.165) is 17.0 Å². The highest BCUT2D eigenvalue weighted by Crippen LogP contribution is 2.22. The van der Waals surface area contributed by atoms with Gasteiger partial charge in [0.15, 0.2) is 10.9 Å². The molecule has 1 N–H and O–H groups in total. The molecule has 0 unspecified atom stereocenters. The zero-order valence-corrected chi connectivity index (χ0v) is 15.9. The van der Waals surface area contributed by atoms with Crippen LogP contribution in [-0.2, 0) is 4.79 Å². The Kier molecular flexibility index (Phi) is 5.98. The van der Waals surface area contributed by atoms with Gasteiger partial charge in [0.2, 0.25) is 5.91 Å². The summed E-state index contributed by atoms with van der Waals surface area (Å²) in [7, 11) is 0. The summed E-state index contributed by atoms with van der Waals surface area (Å²) in [6.07, 6.45) is 0. The second kappa shape index (κ2) is 8.60. The van der Waals surface area contributed by atoms with E-state index < -0.39 is 0 Å². The maximum Gasteiger partial charge on any atom is 0.234 e. The van der Waals surface area contributed by atoms with Crippen molar-refractivity contribution in [2.24, 2.45) is 0 Å². The summed E-state index contributed by atoms with van der Waals surface area (Å²) in [5, 5.41) is 3.33. The molecule has 2 aromatic carbocycles. The number of ketones is 1. The molecule has 0 bridgehead atoms. The number of aromatic nitrogens is 2. The van der Waals surface area contributed by atoms with Crippen LogP contribution >= 0.6 is 11.8 Å². The van der Waals surface area contributed by atoms with Crippen LogP contribution in [0, 0.1) is 6.92 Å². The summed E-state index contributed by atoms with van der Waals surface area (Å²) in [6.45, 7) is 3.38. The average molecular weight is 377 g/mol. The summed E-state index contributed by atoms with van der Waals surface area (Å²) >= 11 is 1.27. The summed E-state index contributed by atoms with van der Waals surface area (Å²) in [6, 6.07) is 18.7. The topological polar surface area (TPSA) is 72.0 Å². The first-order valence-electron chi connectivity index (χ1n) is 8.46. The molecule has 0 spiro atoms. The maximum absolute atomic E-state index is 12.3. The lowest BCUT2D eigenvalue weighted by molar-refractivity contribution is -0.113. The number of carbonyl (C=O) groups is 2. The zero-order valence-electron chi connectivity index (χ0n) is 15.1. The van der Waals surface area contributed by atoms with Gasteiger partial charge in [-0.25, -0.2) is 9.97 Å². The summed E-state index contributed by atoms with van der Waals surface area (Å²) in [5.41, 5.74) is 3.69. The van der Waals surface area contributed by atoms with Crippen molar-refractivity contribution < 1.29 is 9.59 Å². The number of amides is 1. The molecule has 0 atom stereocenters. The molecule has 0 aliphatic heterocycles. The molecular weight excluding hydrogens is 358 g/mol. The second-order valence-electron chi connectivity index (χ2n) is 5.98. The van der Waals surface area contributed by atoms with Crippen LogP contribution in [0.25, 0.3) is 11.3 Å². The minimum atomic E-state index is -0.208. The van der Waals surface area contributed by atoms with Gasteiger partial charge in [-0.15, -0.1) is 0 Å². The van der Waals surface area contributed by atoms with Crippen LogP contribution in [-0.4, -0.2) is 27.4 Å². The quantitative estimate of drug-likeness (QED) is 0.392. The molecule has 6 heteroatoms. The van der Waals surface area contributed by atoms with Gasteiger partial charge < -0.3 is 5.32 Å². The number of thioether (sulfide) groups is 1. The number of Topliss-reactive ketones (excluding diaryl/α,β-unsaturated/α-hetero) is 1. The van der Waals surface area contributed by atoms with E-state index in [1.54, 1.807) is 24.3 Å². The Bertz CT molecular complexity index is 974. The van der Waals surface area contributed by atoms with E-state index in [9.17, 15) is 9.59 Å². The van der Waals surface area contributed by atoms with Crippen molar-refractivity contribution in [3.63, 3.8) is 0 Å². The van der Waals surface area contributed by atoms with Crippen LogP contribution < -0.4 is 5.32 Å². The Morgan fingerprint density at radius 2 is 1.70 bits per heavy atom. The number of carbonyl (C=O) groups excluding carboxylic acids is 2. The Hall–Kier alpha value is -2.99.